The molecule has 146 valence electrons. The van der Waals surface area contributed by atoms with Crippen molar-refractivity contribution >= 4 is 28.4 Å². The first kappa shape index (κ1) is 18.8. The van der Waals surface area contributed by atoms with Crippen LogP contribution in [0.4, 0.5) is 0 Å². The summed E-state index contributed by atoms with van der Waals surface area (Å²) >= 11 is 1.72. The third kappa shape index (κ3) is 3.72. The second-order valence-corrected chi connectivity index (χ2v) is 8.58. The van der Waals surface area contributed by atoms with Crippen molar-refractivity contribution in [3.63, 3.8) is 0 Å². The molecule has 3 heterocycles. The fourth-order valence-electron chi connectivity index (χ4n) is 3.51. The second kappa shape index (κ2) is 7.47. The summed E-state index contributed by atoms with van der Waals surface area (Å²) in [6, 6.07) is 7.55. The fraction of sp³-hybridized carbons (Fsp3) is 0.348. The lowest BCUT2D eigenvalue weighted by Gasteiger charge is -2.30. The molecule has 0 unspecified atom stereocenters. The largest absolute Gasteiger partial charge is 0.492 e. The van der Waals surface area contributed by atoms with Crippen LogP contribution in [0.5, 0.6) is 11.5 Å². The normalized spacial score (nSPS) is 14.7. The molecular weight excluding hydrogens is 372 g/mol. The topological polar surface area (TPSA) is 48.7 Å². The molecule has 0 aliphatic carbocycles. The zero-order valence-corrected chi connectivity index (χ0v) is 17.2. The van der Waals surface area contributed by atoms with Gasteiger partial charge in [0.1, 0.15) is 22.7 Å². The van der Waals surface area contributed by atoms with Gasteiger partial charge in [-0.15, -0.1) is 11.3 Å². The van der Waals surface area contributed by atoms with Gasteiger partial charge in [0, 0.05) is 23.4 Å². The van der Waals surface area contributed by atoms with Gasteiger partial charge in [-0.3, -0.25) is 0 Å². The number of ether oxygens (including phenoxy) is 2. The summed E-state index contributed by atoms with van der Waals surface area (Å²) in [5.74, 6) is 1.42. The van der Waals surface area contributed by atoms with Crippen molar-refractivity contribution in [2.45, 2.75) is 45.6 Å². The zero-order valence-electron chi connectivity index (χ0n) is 16.4. The molecule has 28 heavy (non-hydrogen) atoms. The van der Waals surface area contributed by atoms with Crippen LogP contribution in [0.1, 0.15) is 43.2 Å². The fourth-order valence-corrected chi connectivity index (χ4v) is 4.20. The van der Waals surface area contributed by atoms with Crippen molar-refractivity contribution in [3.05, 3.63) is 62.1 Å². The summed E-state index contributed by atoms with van der Waals surface area (Å²) in [5, 5.41) is 2.94. The predicted molar refractivity (Wildman–Crippen MR) is 114 cm³/mol. The minimum absolute atomic E-state index is 0.342. The first-order valence-electron chi connectivity index (χ1n) is 9.64. The third-order valence-electron chi connectivity index (χ3n) is 4.79. The molecule has 0 spiro atoms. The summed E-state index contributed by atoms with van der Waals surface area (Å²) in [6.45, 7) is 6.68. The number of thiophene rings is 1. The lowest BCUT2D eigenvalue weighted by Crippen LogP contribution is -2.28. The monoisotopic (exact) mass is 396 g/mol. The van der Waals surface area contributed by atoms with E-state index >= 15 is 0 Å². The van der Waals surface area contributed by atoms with E-state index in [0.29, 0.717) is 17.9 Å². The number of rotatable bonds is 6. The molecule has 0 amide bonds. The van der Waals surface area contributed by atoms with Crippen LogP contribution in [-0.2, 0) is 12.8 Å². The smallest absolute Gasteiger partial charge is 0.336 e. The molecule has 1 aliphatic rings. The highest BCUT2D eigenvalue weighted by molar-refractivity contribution is 7.09. The molecule has 4 nitrogen and oxygen atoms in total. The standard InChI is InChI=1S/C23H24O4S/c1-4-6-15-13-20(24)26-19-14-18(25-11-9-16-7-5-12-28-16)17-8-10-23(2,3)27-22(17)21(15)19/h5,7-8,10,12-14H,4,6,9,11H2,1-3H3. The van der Waals surface area contributed by atoms with Gasteiger partial charge in [0.05, 0.1) is 17.6 Å². The maximum absolute atomic E-state index is 12.1. The van der Waals surface area contributed by atoms with E-state index in [4.69, 9.17) is 13.9 Å². The first-order valence-corrected chi connectivity index (χ1v) is 10.5. The van der Waals surface area contributed by atoms with Gasteiger partial charge in [0.25, 0.3) is 0 Å². The Hall–Kier alpha value is -2.53. The minimum atomic E-state index is -0.435. The van der Waals surface area contributed by atoms with Gasteiger partial charge in [-0.2, -0.15) is 0 Å². The van der Waals surface area contributed by atoms with Crippen molar-refractivity contribution in [2.24, 2.45) is 0 Å². The van der Waals surface area contributed by atoms with Gasteiger partial charge in [0.2, 0.25) is 0 Å². The maximum atomic E-state index is 12.1. The SMILES string of the molecule is CCCc1cc(=O)oc2cc(OCCc3cccs3)c3c(c12)OC(C)(C)C=C3. The number of benzene rings is 1. The van der Waals surface area contributed by atoms with Gasteiger partial charge in [-0.1, -0.05) is 19.4 Å². The summed E-state index contributed by atoms with van der Waals surface area (Å²) in [4.78, 5) is 13.4. The highest BCUT2D eigenvalue weighted by atomic mass is 32.1. The van der Waals surface area contributed by atoms with E-state index in [1.165, 1.54) is 4.88 Å². The average Bonchev–Trinajstić information content (AvgIpc) is 3.14. The lowest BCUT2D eigenvalue weighted by atomic mass is 9.96. The van der Waals surface area contributed by atoms with Crippen LogP contribution < -0.4 is 15.1 Å². The molecular formula is C23H24O4S. The van der Waals surface area contributed by atoms with Crippen molar-refractivity contribution in [1.29, 1.82) is 0 Å². The molecule has 0 radical (unpaired) electrons. The molecule has 0 atom stereocenters. The van der Waals surface area contributed by atoms with Crippen molar-refractivity contribution in [3.8, 4) is 11.5 Å². The van der Waals surface area contributed by atoms with Crippen LogP contribution in [0.15, 0.2) is 44.9 Å². The number of aryl methyl sites for hydroxylation is 1. The van der Waals surface area contributed by atoms with Crippen LogP contribution in [0.3, 0.4) is 0 Å². The third-order valence-corrected chi connectivity index (χ3v) is 5.73. The Balaban J connectivity index is 1.81. The molecule has 0 bridgehead atoms. The molecule has 0 N–H and O–H groups in total. The van der Waals surface area contributed by atoms with Gasteiger partial charge in [0.15, 0.2) is 0 Å². The molecule has 0 fully saturated rings. The van der Waals surface area contributed by atoms with E-state index < -0.39 is 5.60 Å². The lowest BCUT2D eigenvalue weighted by molar-refractivity contribution is 0.160. The quantitative estimate of drug-likeness (QED) is 0.508. The summed E-state index contributed by atoms with van der Waals surface area (Å²) in [5.41, 5.74) is 1.61. The van der Waals surface area contributed by atoms with Crippen LogP contribution in [0.2, 0.25) is 0 Å². The summed E-state index contributed by atoms with van der Waals surface area (Å²) in [6.07, 6.45) is 6.65. The molecule has 0 saturated carbocycles. The summed E-state index contributed by atoms with van der Waals surface area (Å²) < 4.78 is 18.0. The van der Waals surface area contributed by atoms with Crippen molar-refractivity contribution in [1.82, 2.24) is 0 Å². The Morgan fingerprint density at radius 3 is 2.82 bits per heavy atom. The van der Waals surface area contributed by atoms with Gasteiger partial charge in [-0.05, 0) is 49.4 Å². The van der Waals surface area contributed by atoms with Crippen LogP contribution in [0, 0.1) is 0 Å². The van der Waals surface area contributed by atoms with Gasteiger partial charge >= 0.3 is 5.63 Å². The molecule has 5 heteroatoms. The Morgan fingerprint density at radius 2 is 2.07 bits per heavy atom. The molecule has 2 aromatic heterocycles. The Morgan fingerprint density at radius 1 is 1.21 bits per heavy atom. The maximum Gasteiger partial charge on any atom is 0.336 e. The molecule has 1 aromatic carbocycles. The van der Waals surface area contributed by atoms with E-state index in [2.05, 4.69) is 24.4 Å². The van der Waals surface area contributed by atoms with Crippen LogP contribution >= 0.6 is 11.3 Å². The van der Waals surface area contributed by atoms with Crippen molar-refractivity contribution < 1.29 is 13.9 Å². The number of hydrogen-bond donors (Lipinski definition) is 0. The van der Waals surface area contributed by atoms with E-state index in [1.54, 1.807) is 17.4 Å². The van der Waals surface area contributed by atoms with E-state index in [1.807, 2.05) is 32.1 Å². The molecule has 1 aliphatic heterocycles. The highest BCUT2D eigenvalue weighted by Crippen LogP contribution is 2.44. The molecule has 3 aromatic rings. The van der Waals surface area contributed by atoms with E-state index in [0.717, 1.165) is 41.5 Å². The van der Waals surface area contributed by atoms with Crippen LogP contribution in [-0.4, -0.2) is 12.2 Å². The average molecular weight is 397 g/mol. The summed E-state index contributed by atoms with van der Waals surface area (Å²) in [7, 11) is 0. The second-order valence-electron chi connectivity index (χ2n) is 7.55. The Bertz CT molecular complexity index is 1070. The van der Waals surface area contributed by atoms with Gasteiger partial charge < -0.3 is 13.9 Å². The Labute approximate surface area is 168 Å². The van der Waals surface area contributed by atoms with E-state index in [-0.39, 0.29) is 5.63 Å². The first-order chi connectivity index (χ1) is 13.5. The number of hydrogen-bond acceptors (Lipinski definition) is 5. The van der Waals surface area contributed by atoms with E-state index in [9.17, 15) is 4.79 Å². The minimum Gasteiger partial charge on any atom is -0.492 e. The number of fused-ring (bicyclic) bond motifs is 3. The Kier molecular flexibility index (Phi) is 5.02. The molecule has 4 rings (SSSR count). The predicted octanol–water partition coefficient (Wildman–Crippen LogP) is 5.61. The molecule has 0 saturated heterocycles. The van der Waals surface area contributed by atoms with Crippen LogP contribution in [0.25, 0.3) is 17.0 Å². The van der Waals surface area contributed by atoms with Gasteiger partial charge in [-0.25, -0.2) is 4.79 Å². The zero-order chi connectivity index (χ0) is 19.7. The highest BCUT2D eigenvalue weighted by Gasteiger charge is 2.28. The van der Waals surface area contributed by atoms with Crippen molar-refractivity contribution in [2.75, 3.05) is 6.61 Å².